The van der Waals surface area contributed by atoms with Crippen LogP contribution in [0.15, 0.2) is 146 Å². The van der Waals surface area contributed by atoms with Gasteiger partial charge in [-0.1, -0.05) is 127 Å². The predicted molar refractivity (Wildman–Crippen MR) is 169 cm³/mol. The molecule has 4 nitrogen and oxygen atoms in total. The van der Waals surface area contributed by atoms with Gasteiger partial charge in [-0.3, -0.25) is 0 Å². The van der Waals surface area contributed by atoms with E-state index < -0.39 is 0 Å². The molecule has 0 aliphatic rings. The summed E-state index contributed by atoms with van der Waals surface area (Å²) in [6, 6.07) is 51.2. The smallest absolute Gasteiger partial charge is 0.164 e. The van der Waals surface area contributed by atoms with Crippen LogP contribution in [0.1, 0.15) is 5.56 Å². The second kappa shape index (κ2) is 10.9. The molecule has 0 fully saturated rings. The van der Waals surface area contributed by atoms with Gasteiger partial charge in [0, 0.05) is 16.7 Å². The average molecular weight is 537 g/mol. The number of aromatic nitrogens is 3. The molecule has 6 aromatic carbocycles. The zero-order chi connectivity index (χ0) is 28.3. The largest absolute Gasteiger partial charge is 0.208 e. The first-order valence-electron chi connectivity index (χ1n) is 13.8. The molecule has 42 heavy (non-hydrogen) atoms. The molecule has 0 bridgehead atoms. The summed E-state index contributed by atoms with van der Waals surface area (Å²) in [6.45, 7) is 0. The Hall–Kier alpha value is -5.92. The molecule has 7 aromatic rings. The highest BCUT2D eigenvalue weighted by Gasteiger charge is 2.13. The van der Waals surface area contributed by atoms with E-state index in [1.165, 1.54) is 0 Å². The molecule has 0 saturated carbocycles. The first-order valence-corrected chi connectivity index (χ1v) is 13.8. The standard InChI is InChI=1S/C38H24N4/c39-25-26-9-7-15-32(23-26)33-22-19-27-14-8-16-34(35(27)24-33)28-17-20-31(21-18-28)38-41-36(29-10-3-1-4-11-29)40-37(42-38)30-12-5-2-6-13-30/h1-24H. The molecule has 7 rings (SSSR count). The van der Waals surface area contributed by atoms with Crippen molar-refractivity contribution in [3.05, 3.63) is 151 Å². The van der Waals surface area contributed by atoms with Crippen LogP contribution >= 0.6 is 0 Å². The number of nitrogens with zero attached hydrogens (tertiary/aromatic N) is 4. The Bertz CT molecular complexity index is 2020. The summed E-state index contributed by atoms with van der Waals surface area (Å²) in [4.78, 5) is 14.5. The fourth-order valence-electron chi connectivity index (χ4n) is 5.21. The maximum Gasteiger partial charge on any atom is 0.164 e. The van der Waals surface area contributed by atoms with Crippen molar-refractivity contribution in [2.75, 3.05) is 0 Å². The highest BCUT2D eigenvalue weighted by atomic mass is 15.0. The molecule has 0 amide bonds. The lowest BCUT2D eigenvalue weighted by Crippen LogP contribution is -2.00. The quantitative estimate of drug-likeness (QED) is 0.220. The fraction of sp³-hybridized carbons (Fsp3) is 0. The van der Waals surface area contributed by atoms with Crippen LogP contribution in [0.2, 0.25) is 0 Å². The third-order valence-electron chi connectivity index (χ3n) is 7.36. The Morgan fingerprint density at radius 1 is 0.405 bits per heavy atom. The van der Waals surface area contributed by atoms with E-state index in [-0.39, 0.29) is 0 Å². The molecular formula is C38H24N4. The van der Waals surface area contributed by atoms with Gasteiger partial charge in [-0.05, 0) is 51.2 Å². The van der Waals surface area contributed by atoms with Crippen molar-refractivity contribution in [1.82, 2.24) is 15.0 Å². The molecule has 0 unspecified atom stereocenters. The van der Waals surface area contributed by atoms with Crippen molar-refractivity contribution in [2.24, 2.45) is 0 Å². The number of hydrogen-bond acceptors (Lipinski definition) is 4. The fourth-order valence-corrected chi connectivity index (χ4v) is 5.21. The van der Waals surface area contributed by atoms with Crippen molar-refractivity contribution in [3.63, 3.8) is 0 Å². The number of hydrogen-bond donors (Lipinski definition) is 0. The summed E-state index contributed by atoms with van der Waals surface area (Å²) in [5.74, 6) is 1.92. The number of fused-ring (bicyclic) bond motifs is 1. The van der Waals surface area contributed by atoms with Gasteiger partial charge >= 0.3 is 0 Å². The predicted octanol–water partition coefficient (Wildman–Crippen LogP) is 9.23. The van der Waals surface area contributed by atoms with Crippen LogP contribution in [0.3, 0.4) is 0 Å². The molecule has 1 aromatic heterocycles. The van der Waals surface area contributed by atoms with Gasteiger partial charge in [-0.2, -0.15) is 5.26 Å². The third kappa shape index (κ3) is 4.92. The SMILES string of the molecule is N#Cc1cccc(-c2ccc3cccc(-c4ccc(-c5nc(-c6ccccc6)nc(-c6ccccc6)n5)cc4)c3c2)c1. The van der Waals surface area contributed by atoms with E-state index in [1.54, 1.807) is 0 Å². The molecule has 0 radical (unpaired) electrons. The zero-order valence-corrected chi connectivity index (χ0v) is 22.6. The minimum atomic E-state index is 0.631. The Balaban J connectivity index is 1.30. The van der Waals surface area contributed by atoms with Gasteiger partial charge in [0.2, 0.25) is 0 Å². The lowest BCUT2D eigenvalue weighted by atomic mass is 9.94. The highest BCUT2D eigenvalue weighted by molar-refractivity contribution is 5.99. The van der Waals surface area contributed by atoms with Crippen LogP contribution < -0.4 is 0 Å². The van der Waals surface area contributed by atoms with Crippen LogP contribution in [0.25, 0.3) is 67.2 Å². The van der Waals surface area contributed by atoms with Crippen molar-refractivity contribution in [1.29, 1.82) is 5.26 Å². The van der Waals surface area contributed by atoms with Gasteiger partial charge in [0.25, 0.3) is 0 Å². The van der Waals surface area contributed by atoms with E-state index in [0.29, 0.717) is 23.0 Å². The third-order valence-corrected chi connectivity index (χ3v) is 7.36. The van der Waals surface area contributed by atoms with Crippen LogP contribution in [0, 0.1) is 11.3 Å². The maximum atomic E-state index is 9.36. The van der Waals surface area contributed by atoms with Crippen LogP contribution in [-0.2, 0) is 0 Å². The van der Waals surface area contributed by atoms with E-state index >= 15 is 0 Å². The lowest BCUT2D eigenvalue weighted by molar-refractivity contribution is 1.07. The molecule has 1 heterocycles. The molecule has 0 N–H and O–H groups in total. The van der Waals surface area contributed by atoms with Gasteiger partial charge in [-0.15, -0.1) is 0 Å². The molecular weight excluding hydrogens is 512 g/mol. The summed E-state index contributed by atoms with van der Waals surface area (Å²) in [5, 5.41) is 11.7. The normalized spacial score (nSPS) is 10.8. The Morgan fingerprint density at radius 2 is 0.905 bits per heavy atom. The first-order chi connectivity index (χ1) is 20.7. The summed E-state index contributed by atoms with van der Waals surface area (Å²) in [6.07, 6.45) is 0. The van der Waals surface area contributed by atoms with Crippen LogP contribution in [-0.4, -0.2) is 15.0 Å². The summed E-state index contributed by atoms with van der Waals surface area (Å²) < 4.78 is 0. The molecule has 0 saturated heterocycles. The number of benzene rings is 6. The van der Waals surface area contributed by atoms with E-state index in [4.69, 9.17) is 15.0 Å². The lowest BCUT2D eigenvalue weighted by Gasteiger charge is -2.11. The Kier molecular flexibility index (Phi) is 6.52. The second-order valence-electron chi connectivity index (χ2n) is 10.0. The van der Waals surface area contributed by atoms with Gasteiger partial charge in [-0.25, -0.2) is 15.0 Å². The second-order valence-corrected chi connectivity index (χ2v) is 10.0. The van der Waals surface area contributed by atoms with Crippen molar-refractivity contribution in [2.45, 2.75) is 0 Å². The van der Waals surface area contributed by atoms with Crippen molar-refractivity contribution < 1.29 is 0 Å². The first kappa shape index (κ1) is 25.1. The molecule has 0 aliphatic heterocycles. The molecule has 4 heteroatoms. The molecule has 0 atom stereocenters. The minimum absolute atomic E-state index is 0.631. The summed E-state index contributed by atoms with van der Waals surface area (Å²) in [5.41, 5.74) is 7.82. The number of nitriles is 1. The zero-order valence-electron chi connectivity index (χ0n) is 22.6. The monoisotopic (exact) mass is 536 g/mol. The van der Waals surface area contributed by atoms with E-state index in [9.17, 15) is 5.26 Å². The van der Waals surface area contributed by atoms with Gasteiger partial charge in [0.15, 0.2) is 17.5 Å². The van der Waals surface area contributed by atoms with Crippen molar-refractivity contribution >= 4 is 10.8 Å². The van der Waals surface area contributed by atoms with Crippen LogP contribution in [0.5, 0.6) is 0 Å². The average Bonchev–Trinajstić information content (AvgIpc) is 3.08. The van der Waals surface area contributed by atoms with E-state index in [0.717, 1.165) is 49.7 Å². The number of rotatable bonds is 5. The molecule has 0 aliphatic carbocycles. The van der Waals surface area contributed by atoms with Crippen LogP contribution in [0.4, 0.5) is 0 Å². The minimum Gasteiger partial charge on any atom is -0.208 e. The molecule has 0 spiro atoms. The maximum absolute atomic E-state index is 9.36. The van der Waals surface area contributed by atoms with E-state index in [1.807, 2.05) is 84.9 Å². The van der Waals surface area contributed by atoms with Crippen molar-refractivity contribution in [3.8, 4) is 62.5 Å². The van der Waals surface area contributed by atoms with Gasteiger partial charge in [0.1, 0.15) is 0 Å². The summed E-state index contributed by atoms with van der Waals surface area (Å²) >= 11 is 0. The van der Waals surface area contributed by atoms with Gasteiger partial charge < -0.3 is 0 Å². The van der Waals surface area contributed by atoms with Gasteiger partial charge in [0.05, 0.1) is 11.6 Å². The molecule has 196 valence electrons. The topological polar surface area (TPSA) is 62.5 Å². The summed E-state index contributed by atoms with van der Waals surface area (Å²) in [7, 11) is 0. The Morgan fingerprint density at radius 3 is 1.52 bits per heavy atom. The highest BCUT2D eigenvalue weighted by Crippen LogP contribution is 2.34. The Labute approximate surface area is 244 Å². The van der Waals surface area contributed by atoms with E-state index in [2.05, 4.69) is 66.7 Å².